The summed E-state index contributed by atoms with van der Waals surface area (Å²) in [6, 6.07) is 17.1. The molecule has 250 valence electrons. The molecule has 2 N–H and O–H groups in total. The van der Waals surface area contributed by atoms with Crippen LogP contribution in [-0.4, -0.2) is 126 Å². The molecule has 13 nitrogen and oxygen atoms in total. The number of nitrogens with zero attached hydrogens (tertiary/aromatic N) is 5. The molecule has 1 aliphatic heterocycles. The lowest BCUT2D eigenvalue weighted by molar-refractivity contribution is 0.00331. The molecule has 14 heteroatoms. The maximum atomic E-state index is 11.8. The fraction of sp³-hybridized carbons (Fsp3) is 0.424. The van der Waals surface area contributed by atoms with Crippen molar-refractivity contribution in [2.75, 3.05) is 79.0 Å². The number of benzene rings is 1. The number of ether oxygens (including phenoxy) is 4. The lowest BCUT2D eigenvalue weighted by atomic mass is 10.00. The Hall–Kier alpha value is -3.98. The average molecular weight is 666 g/mol. The topological polar surface area (TPSA) is 156 Å². The van der Waals surface area contributed by atoms with Gasteiger partial charge in [-0.25, -0.2) is 19.6 Å². The zero-order valence-electron chi connectivity index (χ0n) is 26.0. The number of carboxylic acids is 2. The van der Waals surface area contributed by atoms with E-state index in [1.54, 1.807) is 18.2 Å². The van der Waals surface area contributed by atoms with Crippen molar-refractivity contribution in [2.45, 2.75) is 12.6 Å². The van der Waals surface area contributed by atoms with E-state index < -0.39 is 11.9 Å². The average Bonchev–Trinajstić information content (AvgIpc) is 3.07. The van der Waals surface area contributed by atoms with Crippen molar-refractivity contribution < 1.29 is 38.7 Å². The standard InChI is InChI=1S/C33H39N5O8S/c39-32(40)29-5-1-3-27(35-29)23-37-11-15-43-19-21-45-17-13-38(14-18-46-22-20-44-16-12-37)31(25-7-9-26(10-8-25)34-24-47)28-4-2-6-30(36-28)33(41)42/h1-10,31H,11-23H2,(H,39,40)(H,41,42). The van der Waals surface area contributed by atoms with E-state index >= 15 is 0 Å². The number of rotatable bonds is 8. The van der Waals surface area contributed by atoms with Crippen LogP contribution in [-0.2, 0) is 25.5 Å². The minimum atomic E-state index is -1.10. The van der Waals surface area contributed by atoms with Gasteiger partial charge in [0.1, 0.15) is 11.4 Å². The zero-order chi connectivity index (χ0) is 33.3. The van der Waals surface area contributed by atoms with Crippen LogP contribution in [0.3, 0.4) is 0 Å². The number of aromatic nitrogens is 2. The van der Waals surface area contributed by atoms with Crippen LogP contribution in [0.15, 0.2) is 65.7 Å². The highest BCUT2D eigenvalue weighted by Crippen LogP contribution is 2.29. The number of aliphatic imine (C=N–C) groups is 1. The third-order valence-electron chi connectivity index (χ3n) is 7.32. The van der Waals surface area contributed by atoms with Gasteiger partial charge >= 0.3 is 11.9 Å². The van der Waals surface area contributed by atoms with Crippen molar-refractivity contribution in [2.24, 2.45) is 4.99 Å². The number of aromatic carboxylic acids is 2. The Morgan fingerprint density at radius 3 is 1.83 bits per heavy atom. The summed E-state index contributed by atoms with van der Waals surface area (Å²) in [5.74, 6) is -2.16. The van der Waals surface area contributed by atoms with Crippen LogP contribution in [0.2, 0.25) is 0 Å². The van der Waals surface area contributed by atoms with Gasteiger partial charge in [-0.05, 0) is 54.2 Å². The highest BCUT2D eigenvalue weighted by Gasteiger charge is 2.25. The van der Waals surface area contributed by atoms with Gasteiger partial charge in [-0.1, -0.05) is 24.3 Å². The van der Waals surface area contributed by atoms with Crippen molar-refractivity contribution in [1.82, 2.24) is 19.8 Å². The van der Waals surface area contributed by atoms with E-state index in [1.807, 2.05) is 30.3 Å². The molecule has 47 heavy (non-hydrogen) atoms. The summed E-state index contributed by atoms with van der Waals surface area (Å²) in [5, 5.41) is 21.3. The first kappa shape index (κ1) is 35.9. The molecule has 1 aliphatic rings. The molecule has 0 amide bonds. The van der Waals surface area contributed by atoms with Crippen molar-refractivity contribution in [3.05, 3.63) is 89.0 Å². The van der Waals surface area contributed by atoms with E-state index in [-0.39, 0.29) is 17.4 Å². The molecule has 0 aliphatic carbocycles. The molecule has 2 aromatic heterocycles. The van der Waals surface area contributed by atoms with E-state index in [0.717, 1.165) is 5.56 Å². The van der Waals surface area contributed by atoms with Gasteiger partial charge in [0.15, 0.2) is 0 Å². The maximum absolute atomic E-state index is 11.8. The van der Waals surface area contributed by atoms with Crippen LogP contribution in [0, 0.1) is 0 Å². The summed E-state index contributed by atoms with van der Waals surface area (Å²) >= 11 is 4.74. The van der Waals surface area contributed by atoms with Crippen LogP contribution in [0.4, 0.5) is 5.69 Å². The van der Waals surface area contributed by atoms with Crippen molar-refractivity contribution in [1.29, 1.82) is 0 Å². The third-order valence-corrected chi connectivity index (χ3v) is 7.41. The Kier molecular flexibility index (Phi) is 15.0. The van der Waals surface area contributed by atoms with Crippen molar-refractivity contribution in [3.63, 3.8) is 0 Å². The fourth-order valence-corrected chi connectivity index (χ4v) is 5.13. The predicted molar refractivity (Wildman–Crippen MR) is 175 cm³/mol. The number of isothiocyanates is 1. The molecular formula is C33H39N5O8S. The summed E-state index contributed by atoms with van der Waals surface area (Å²) in [7, 11) is 0. The molecular weight excluding hydrogens is 626 g/mol. The molecule has 0 saturated carbocycles. The minimum Gasteiger partial charge on any atom is -0.477 e. The molecule has 0 bridgehead atoms. The van der Waals surface area contributed by atoms with Crippen LogP contribution >= 0.6 is 12.2 Å². The van der Waals surface area contributed by atoms with Gasteiger partial charge in [0.25, 0.3) is 0 Å². The second-order valence-corrected chi connectivity index (χ2v) is 10.7. The molecule has 1 fully saturated rings. The predicted octanol–water partition coefficient (Wildman–Crippen LogP) is 3.58. The van der Waals surface area contributed by atoms with Crippen LogP contribution in [0.25, 0.3) is 0 Å². The summed E-state index contributed by atoms with van der Waals surface area (Å²) in [4.78, 5) is 40.1. The molecule has 3 aromatic rings. The van der Waals surface area contributed by atoms with Gasteiger partial charge in [-0.2, -0.15) is 4.99 Å². The van der Waals surface area contributed by atoms with Crippen LogP contribution in [0.1, 0.15) is 44.0 Å². The Labute approximate surface area is 278 Å². The first-order valence-corrected chi connectivity index (χ1v) is 15.7. The molecule has 1 unspecified atom stereocenters. The highest BCUT2D eigenvalue weighted by atomic mass is 32.1. The summed E-state index contributed by atoms with van der Waals surface area (Å²) < 4.78 is 23.6. The first-order chi connectivity index (χ1) is 22.9. The second kappa shape index (κ2) is 19.6. The van der Waals surface area contributed by atoms with Crippen molar-refractivity contribution in [3.8, 4) is 0 Å². The number of carbonyl (C=O) groups is 2. The maximum Gasteiger partial charge on any atom is 0.354 e. The van der Waals surface area contributed by atoms with Gasteiger partial charge in [-0.3, -0.25) is 9.80 Å². The Morgan fingerprint density at radius 1 is 0.745 bits per heavy atom. The second-order valence-electron chi connectivity index (χ2n) is 10.5. The first-order valence-electron chi connectivity index (χ1n) is 15.3. The molecule has 4 rings (SSSR count). The van der Waals surface area contributed by atoms with E-state index in [2.05, 4.69) is 29.9 Å². The van der Waals surface area contributed by atoms with Crippen LogP contribution < -0.4 is 0 Å². The zero-order valence-corrected chi connectivity index (χ0v) is 26.8. The van der Waals surface area contributed by atoms with Crippen LogP contribution in [0.5, 0.6) is 0 Å². The van der Waals surface area contributed by atoms with E-state index in [1.165, 1.54) is 12.1 Å². The van der Waals surface area contributed by atoms with E-state index in [9.17, 15) is 19.8 Å². The SMILES string of the molecule is O=C(O)c1cccc(CN2CCOCCOCCN(C(c3ccc(N=C=S)cc3)c3cccc(C(=O)O)n3)CCOCCOCC2)n1. The smallest absolute Gasteiger partial charge is 0.354 e. The summed E-state index contributed by atoms with van der Waals surface area (Å²) in [6.07, 6.45) is 0. The Morgan fingerprint density at radius 2 is 1.28 bits per heavy atom. The normalized spacial score (nSPS) is 17.4. The molecule has 0 radical (unpaired) electrons. The minimum absolute atomic E-state index is 0.00952. The van der Waals surface area contributed by atoms with Gasteiger partial charge in [0, 0.05) is 32.7 Å². The quantitative estimate of drug-likeness (QED) is 0.266. The number of carboxylic acid groups (broad SMARTS) is 2. The lowest BCUT2D eigenvalue weighted by Crippen LogP contribution is -2.36. The lowest BCUT2D eigenvalue weighted by Gasteiger charge is -2.32. The summed E-state index contributed by atoms with van der Waals surface area (Å²) in [5.41, 5.74) is 2.77. The van der Waals surface area contributed by atoms with E-state index in [0.29, 0.717) is 103 Å². The van der Waals surface area contributed by atoms with Gasteiger partial charge in [0.2, 0.25) is 0 Å². The van der Waals surface area contributed by atoms with Gasteiger partial charge in [-0.15, -0.1) is 0 Å². The number of hydrogen-bond acceptors (Lipinski definition) is 12. The Bertz CT molecular complexity index is 1470. The fourth-order valence-electron chi connectivity index (χ4n) is 5.03. The largest absolute Gasteiger partial charge is 0.477 e. The Balaban J connectivity index is 1.42. The highest BCUT2D eigenvalue weighted by molar-refractivity contribution is 7.78. The van der Waals surface area contributed by atoms with Crippen molar-refractivity contribution >= 4 is 35.0 Å². The molecule has 1 atom stereocenters. The van der Waals surface area contributed by atoms with E-state index in [4.69, 9.17) is 31.2 Å². The number of hydrogen-bond donors (Lipinski definition) is 2. The van der Waals surface area contributed by atoms with Gasteiger partial charge in [0.05, 0.1) is 81.1 Å². The molecule has 3 heterocycles. The molecule has 1 aromatic carbocycles. The molecule has 0 spiro atoms. The third kappa shape index (κ3) is 12.0. The monoisotopic (exact) mass is 665 g/mol. The van der Waals surface area contributed by atoms with Gasteiger partial charge < -0.3 is 29.2 Å². The number of thiocarbonyl (C=S) groups is 1. The number of pyridine rings is 2. The molecule has 1 saturated heterocycles. The summed E-state index contributed by atoms with van der Waals surface area (Å²) in [6.45, 7) is 5.96.